The number of hydrogen-bond acceptors (Lipinski definition) is 4. The van der Waals surface area contributed by atoms with Crippen LogP contribution in [0.25, 0.3) is 22.2 Å². The minimum Gasteiger partial charge on any atom is -0.494 e. The Hall–Kier alpha value is -3.99. The average molecular weight is 466 g/mol. The van der Waals surface area contributed by atoms with Gasteiger partial charge in [-0.1, -0.05) is 69.7 Å². The lowest BCUT2D eigenvalue weighted by Gasteiger charge is -2.10. The van der Waals surface area contributed by atoms with E-state index in [1.54, 1.807) is 6.21 Å². The topological polar surface area (TPSA) is 63.6 Å². The molecular weight excluding hydrogens is 434 g/mol. The predicted octanol–water partition coefficient (Wildman–Crippen LogP) is 6.97. The van der Waals surface area contributed by atoms with Gasteiger partial charge in [0.15, 0.2) is 0 Å². The molecule has 0 radical (unpaired) electrons. The third-order valence-corrected chi connectivity index (χ3v) is 5.86. The van der Waals surface area contributed by atoms with Crippen LogP contribution in [-0.4, -0.2) is 23.7 Å². The van der Waals surface area contributed by atoms with Gasteiger partial charge in [0.1, 0.15) is 5.75 Å². The maximum absolute atomic E-state index is 13.1. The minimum atomic E-state index is -0.278. The molecule has 0 spiro atoms. The fourth-order valence-electron chi connectivity index (χ4n) is 3.76. The molecule has 0 aliphatic carbocycles. The van der Waals surface area contributed by atoms with Gasteiger partial charge in [0.05, 0.1) is 29.6 Å². The summed E-state index contributed by atoms with van der Waals surface area (Å²) in [6.45, 7) is 7.19. The summed E-state index contributed by atoms with van der Waals surface area (Å²) in [4.78, 5) is 17.9. The van der Waals surface area contributed by atoms with Crippen molar-refractivity contribution < 1.29 is 9.53 Å². The lowest BCUT2D eigenvalue weighted by Crippen LogP contribution is -2.18. The Morgan fingerprint density at radius 2 is 1.77 bits per heavy atom. The summed E-state index contributed by atoms with van der Waals surface area (Å²) < 4.78 is 5.69. The number of carbonyl (C=O) groups is 1. The molecule has 0 aliphatic rings. The number of aromatic nitrogens is 1. The number of amides is 1. The first kappa shape index (κ1) is 24.1. The van der Waals surface area contributed by atoms with E-state index in [1.807, 2.05) is 54.6 Å². The standard InChI is InChI=1S/C30H31N3O2/c1-4-5-18-35-25-16-10-22(11-17-25)20-31-33-30(34)27-19-29(32-28-9-7-6-8-26(27)28)24-14-12-23(13-15-24)21(2)3/h6-17,19-21H,4-5,18H2,1-3H3,(H,33,34)/b31-20+. The van der Waals surface area contributed by atoms with Crippen molar-refractivity contribution in [3.8, 4) is 17.0 Å². The maximum atomic E-state index is 13.1. The van der Waals surface area contributed by atoms with Gasteiger partial charge in [-0.25, -0.2) is 10.4 Å². The van der Waals surface area contributed by atoms with E-state index in [2.05, 4.69) is 55.6 Å². The number of nitrogens with zero attached hydrogens (tertiary/aromatic N) is 2. The number of rotatable bonds is 9. The molecule has 5 heteroatoms. The summed E-state index contributed by atoms with van der Waals surface area (Å²) in [5.41, 5.74) is 7.84. The molecule has 0 saturated heterocycles. The Kier molecular flexibility index (Phi) is 7.88. The molecule has 5 nitrogen and oxygen atoms in total. The molecule has 1 aromatic heterocycles. The maximum Gasteiger partial charge on any atom is 0.272 e. The van der Waals surface area contributed by atoms with Gasteiger partial charge in [-0.3, -0.25) is 4.79 Å². The van der Waals surface area contributed by atoms with Gasteiger partial charge >= 0.3 is 0 Å². The van der Waals surface area contributed by atoms with Crippen LogP contribution in [0.5, 0.6) is 5.75 Å². The van der Waals surface area contributed by atoms with Crippen LogP contribution in [-0.2, 0) is 0 Å². The zero-order valence-electron chi connectivity index (χ0n) is 20.5. The smallest absolute Gasteiger partial charge is 0.272 e. The van der Waals surface area contributed by atoms with Gasteiger partial charge in [0, 0.05) is 10.9 Å². The van der Waals surface area contributed by atoms with Crippen LogP contribution in [0.4, 0.5) is 0 Å². The molecule has 1 amide bonds. The first-order valence-corrected chi connectivity index (χ1v) is 12.1. The van der Waals surface area contributed by atoms with E-state index in [0.29, 0.717) is 18.1 Å². The third-order valence-electron chi connectivity index (χ3n) is 5.86. The number of para-hydroxylation sites is 1. The number of carbonyl (C=O) groups excluding carboxylic acids is 1. The number of ether oxygens (including phenoxy) is 1. The van der Waals surface area contributed by atoms with Crippen LogP contribution in [0.15, 0.2) is 84.0 Å². The van der Waals surface area contributed by atoms with Crippen molar-refractivity contribution in [1.29, 1.82) is 0 Å². The molecule has 0 bridgehead atoms. The number of pyridine rings is 1. The highest BCUT2D eigenvalue weighted by Crippen LogP contribution is 2.26. The fraction of sp³-hybridized carbons (Fsp3) is 0.233. The van der Waals surface area contributed by atoms with E-state index in [0.717, 1.165) is 46.3 Å². The zero-order chi connectivity index (χ0) is 24.6. The highest BCUT2D eigenvalue weighted by atomic mass is 16.5. The number of hydrogen-bond donors (Lipinski definition) is 1. The van der Waals surface area contributed by atoms with Gasteiger partial charge in [-0.2, -0.15) is 5.10 Å². The SMILES string of the molecule is CCCCOc1ccc(/C=N/NC(=O)c2cc(-c3ccc(C(C)C)cc3)nc3ccccc23)cc1. The normalized spacial score (nSPS) is 11.3. The molecule has 1 N–H and O–H groups in total. The van der Waals surface area contributed by atoms with E-state index in [1.165, 1.54) is 5.56 Å². The van der Waals surface area contributed by atoms with Crippen molar-refractivity contribution in [2.45, 2.75) is 39.5 Å². The summed E-state index contributed by atoms with van der Waals surface area (Å²) in [5.74, 6) is 1.01. The van der Waals surface area contributed by atoms with Gasteiger partial charge in [-0.15, -0.1) is 0 Å². The summed E-state index contributed by atoms with van der Waals surface area (Å²) in [5, 5.41) is 4.97. The molecule has 0 atom stereocenters. The second kappa shape index (κ2) is 11.4. The number of nitrogens with one attached hydrogen (secondary N) is 1. The molecular formula is C30H31N3O2. The van der Waals surface area contributed by atoms with Gasteiger partial charge in [0.2, 0.25) is 0 Å². The zero-order valence-corrected chi connectivity index (χ0v) is 20.5. The first-order chi connectivity index (χ1) is 17.0. The van der Waals surface area contributed by atoms with Crippen LogP contribution >= 0.6 is 0 Å². The molecule has 35 heavy (non-hydrogen) atoms. The number of benzene rings is 3. The van der Waals surface area contributed by atoms with E-state index in [-0.39, 0.29) is 5.91 Å². The molecule has 3 aromatic carbocycles. The Morgan fingerprint density at radius 1 is 1.03 bits per heavy atom. The largest absolute Gasteiger partial charge is 0.494 e. The second-order valence-electron chi connectivity index (χ2n) is 8.82. The van der Waals surface area contributed by atoms with Crippen molar-refractivity contribution in [2.75, 3.05) is 6.61 Å². The minimum absolute atomic E-state index is 0.278. The molecule has 4 aromatic rings. The average Bonchev–Trinajstić information content (AvgIpc) is 2.89. The summed E-state index contributed by atoms with van der Waals surface area (Å²) in [6, 6.07) is 25.5. The van der Waals surface area contributed by atoms with Crippen molar-refractivity contribution in [1.82, 2.24) is 10.4 Å². The Bertz CT molecular complexity index is 1310. The van der Waals surface area contributed by atoms with Crippen LogP contribution in [0.3, 0.4) is 0 Å². The van der Waals surface area contributed by atoms with E-state index in [9.17, 15) is 4.79 Å². The fourth-order valence-corrected chi connectivity index (χ4v) is 3.76. The number of fused-ring (bicyclic) bond motifs is 1. The summed E-state index contributed by atoms with van der Waals surface area (Å²) >= 11 is 0. The van der Waals surface area contributed by atoms with Crippen molar-refractivity contribution >= 4 is 23.0 Å². The van der Waals surface area contributed by atoms with Crippen molar-refractivity contribution in [3.05, 3.63) is 95.6 Å². The quantitative estimate of drug-likeness (QED) is 0.165. The third kappa shape index (κ3) is 6.12. The molecule has 0 fully saturated rings. The van der Waals surface area contributed by atoms with Crippen LogP contribution in [0, 0.1) is 0 Å². The lowest BCUT2D eigenvalue weighted by atomic mass is 9.99. The van der Waals surface area contributed by atoms with Gasteiger partial charge < -0.3 is 4.74 Å². The van der Waals surface area contributed by atoms with E-state index >= 15 is 0 Å². The second-order valence-corrected chi connectivity index (χ2v) is 8.82. The molecule has 178 valence electrons. The van der Waals surface area contributed by atoms with E-state index in [4.69, 9.17) is 9.72 Å². The monoisotopic (exact) mass is 465 g/mol. The number of unbranched alkanes of at least 4 members (excludes halogenated alkanes) is 1. The molecule has 1 heterocycles. The molecule has 4 rings (SSSR count). The lowest BCUT2D eigenvalue weighted by molar-refractivity contribution is 0.0956. The van der Waals surface area contributed by atoms with Crippen LogP contribution < -0.4 is 10.2 Å². The first-order valence-electron chi connectivity index (χ1n) is 12.1. The highest BCUT2D eigenvalue weighted by molar-refractivity contribution is 6.07. The van der Waals surface area contributed by atoms with Gasteiger partial charge in [0.25, 0.3) is 5.91 Å². The Morgan fingerprint density at radius 3 is 2.49 bits per heavy atom. The Labute approximate surface area is 206 Å². The molecule has 0 saturated carbocycles. The van der Waals surface area contributed by atoms with Crippen molar-refractivity contribution in [2.24, 2.45) is 5.10 Å². The van der Waals surface area contributed by atoms with Crippen LogP contribution in [0.2, 0.25) is 0 Å². The Balaban J connectivity index is 1.53. The van der Waals surface area contributed by atoms with Crippen molar-refractivity contribution in [3.63, 3.8) is 0 Å². The van der Waals surface area contributed by atoms with Gasteiger partial charge in [-0.05, 0) is 59.9 Å². The molecule has 0 unspecified atom stereocenters. The van der Waals surface area contributed by atoms with E-state index < -0.39 is 0 Å². The highest BCUT2D eigenvalue weighted by Gasteiger charge is 2.14. The van der Waals surface area contributed by atoms with Crippen LogP contribution in [0.1, 0.15) is 61.0 Å². The molecule has 0 aliphatic heterocycles. The summed E-state index contributed by atoms with van der Waals surface area (Å²) in [6.07, 6.45) is 3.76. The summed E-state index contributed by atoms with van der Waals surface area (Å²) in [7, 11) is 0. The number of hydrazone groups is 1. The predicted molar refractivity (Wildman–Crippen MR) is 143 cm³/mol.